The SMILES string of the molecule is C=C(Br)CN(CC(=O)NC)C(=O)c1cccc(-n2ccnc2SC)c1. The lowest BCUT2D eigenvalue weighted by atomic mass is 10.1. The molecule has 0 bridgehead atoms. The number of carbonyl (C=O) groups is 2. The van der Waals surface area contributed by atoms with Crippen LogP contribution in [0, 0.1) is 0 Å². The molecule has 0 aliphatic carbocycles. The lowest BCUT2D eigenvalue weighted by Crippen LogP contribution is -2.40. The van der Waals surface area contributed by atoms with Crippen LogP contribution in [0.2, 0.25) is 0 Å². The normalized spacial score (nSPS) is 10.4. The quantitative estimate of drug-likeness (QED) is 0.696. The number of benzene rings is 1. The van der Waals surface area contributed by atoms with Gasteiger partial charge in [0.15, 0.2) is 5.16 Å². The maximum absolute atomic E-state index is 12.9. The fourth-order valence-electron chi connectivity index (χ4n) is 2.27. The van der Waals surface area contributed by atoms with Gasteiger partial charge in [-0.05, 0) is 24.5 Å². The van der Waals surface area contributed by atoms with Crippen LogP contribution in [-0.2, 0) is 4.79 Å². The summed E-state index contributed by atoms with van der Waals surface area (Å²) in [6.07, 6.45) is 5.51. The first-order valence-electron chi connectivity index (χ1n) is 7.47. The van der Waals surface area contributed by atoms with E-state index < -0.39 is 0 Å². The van der Waals surface area contributed by atoms with Gasteiger partial charge >= 0.3 is 0 Å². The second-order valence-corrected chi connectivity index (χ2v) is 7.08. The topological polar surface area (TPSA) is 67.2 Å². The highest BCUT2D eigenvalue weighted by Crippen LogP contribution is 2.20. The van der Waals surface area contributed by atoms with E-state index >= 15 is 0 Å². The predicted molar refractivity (Wildman–Crippen MR) is 103 cm³/mol. The van der Waals surface area contributed by atoms with Gasteiger partial charge in [0, 0.05) is 35.2 Å². The van der Waals surface area contributed by atoms with Crippen molar-refractivity contribution in [3.8, 4) is 5.69 Å². The first-order chi connectivity index (χ1) is 12.0. The highest BCUT2D eigenvalue weighted by molar-refractivity contribution is 9.11. The average molecular weight is 423 g/mol. The molecule has 2 rings (SSSR count). The third-order valence-corrected chi connectivity index (χ3v) is 4.34. The highest BCUT2D eigenvalue weighted by Gasteiger charge is 2.19. The van der Waals surface area contributed by atoms with Gasteiger partial charge in [0.25, 0.3) is 5.91 Å². The number of aromatic nitrogens is 2. The molecule has 0 atom stereocenters. The zero-order chi connectivity index (χ0) is 18.4. The van der Waals surface area contributed by atoms with E-state index in [1.165, 1.54) is 23.7 Å². The molecule has 1 aromatic carbocycles. The van der Waals surface area contributed by atoms with Gasteiger partial charge in [-0.25, -0.2) is 4.98 Å². The average Bonchev–Trinajstić information content (AvgIpc) is 3.08. The smallest absolute Gasteiger partial charge is 0.254 e. The Labute approximate surface area is 159 Å². The number of halogens is 1. The Morgan fingerprint density at radius 1 is 1.40 bits per heavy atom. The fourth-order valence-corrected chi connectivity index (χ4v) is 3.10. The van der Waals surface area contributed by atoms with E-state index in [1.54, 1.807) is 18.3 Å². The molecule has 1 heterocycles. The fraction of sp³-hybridized carbons (Fsp3) is 0.235. The van der Waals surface area contributed by atoms with Gasteiger partial charge < -0.3 is 10.2 Å². The number of likely N-dealkylation sites (N-methyl/N-ethyl adjacent to an activating group) is 1. The van der Waals surface area contributed by atoms with Crippen LogP contribution in [-0.4, -0.2) is 52.7 Å². The Balaban J connectivity index is 2.32. The summed E-state index contributed by atoms with van der Waals surface area (Å²) in [5.74, 6) is -0.477. The van der Waals surface area contributed by atoms with Crippen molar-refractivity contribution in [2.75, 3.05) is 26.4 Å². The molecule has 0 radical (unpaired) electrons. The number of hydrogen-bond acceptors (Lipinski definition) is 4. The molecule has 0 aliphatic heterocycles. The number of hydrogen-bond donors (Lipinski definition) is 1. The molecular formula is C17H19BrN4O2S. The van der Waals surface area contributed by atoms with Crippen molar-refractivity contribution in [2.45, 2.75) is 5.16 Å². The van der Waals surface area contributed by atoms with Crippen molar-refractivity contribution < 1.29 is 9.59 Å². The van der Waals surface area contributed by atoms with E-state index in [-0.39, 0.29) is 24.9 Å². The van der Waals surface area contributed by atoms with Crippen LogP contribution in [0.4, 0.5) is 0 Å². The van der Waals surface area contributed by atoms with Gasteiger partial charge in [-0.3, -0.25) is 14.2 Å². The molecule has 0 saturated carbocycles. The van der Waals surface area contributed by atoms with Crippen LogP contribution < -0.4 is 5.32 Å². The van der Waals surface area contributed by atoms with E-state index in [0.717, 1.165) is 10.8 Å². The summed E-state index contributed by atoms with van der Waals surface area (Å²) in [6.45, 7) is 3.97. The van der Waals surface area contributed by atoms with E-state index in [0.29, 0.717) is 10.0 Å². The van der Waals surface area contributed by atoms with Crippen molar-refractivity contribution in [2.24, 2.45) is 0 Å². The summed E-state index contributed by atoms with van der Waals surface area (Å²) in [5.41, 5.74) is 1.33. The molecule has 25 heavy (non-hydrogen) atoms. The minimum absolute atomic E-state index is 0.0364. The number of nitrogens with one attached hydrogen (secondary N) is 1. The minimum atomic E-state index is -0.239. The Hall–Kier alpha value is -2.06. The Kier molecular flexibility index (Phi) is 6.83. The van der Waals surface area contributed by atoms with E-state index in [2.05, 4.69) is 32.8 Å². The molecule has 2 aromatic rings. The van der Waals surface area contributed by atoms with Crippen molar-refractivity contribution in [1.29, 1.82) is 0 Å². The molecule has 8 heteroatoms. The van der Waals surface area contributed by atoms with E-state index in [4.69, 9.17) is 0 Å². The monoisotopic (exact) mass is 422 g/mol. The summed E-state index contributed by atoms with van der Waals surface area (Å²) >= 11 is 4.78. The third-order valence-electron chi connectivity index (χ3n) is 3.42. The zero-order valence-corrected chi connectivity index (χ0v) is 16.4. The van der Waals surface area contributed by atoms with Gasteiger partial charge in [0.1, 0.15) is 6.54 Å². The van der Waals surface area contributed by atoms with Gasteiger partial charge in [0.05, 0.1) is 6.54 Å². The predicted octanol–water partition coefficient (Wildman–Crippen LogP) is 2.69. The molecule has 132 valence electrons. The van der Waals surface area contributed by atoms with Crippen molar-refractivity contribution >= 4 is 39.5 Å². The molecular weight excluding hydrogens is 404 g/mol. The number of thioether (sulfide) groups is 1. The largest absolute Gasteiger partial charge is 0.358 e. The van der Waals surface area contributed by atoms with Gasteiger partial charge in [-0.15, -0.1) is 0 Å². The van der Waals surface area contributed by atoms with Crippen LogP contribution in [0.25, 0.3) is 5.69 Å². The van der Waals surface area contributed by atoms with Gasteiger partial charge in [-0.1, -0.05) is 40.3 Å². The summed E-state index contributed by atoms with van der Waals surface area (Å²) in [4.78, 5) is 30.3. The Morgan fingerprint density at radius 3 is 2.80 bits per heavy atom. The van der Waals surface area contributed by atoms with Crippen LogP contribution in [0.3, 0.4) is 0 Å². The van der Waals surface area contributed by atoms with Crippen molar-refractivity contribution in [3.05, 3.63) is 53.3 Å². The molecule has 0 fully saturated rings. The highest BCUT2D eigenvalue weighted by atomic mass is 79.9. The van der Waals surface area contributed by atoms with Gasteiger partial charge in [-0.2, -0.15) is 0 Å². The van der Waals surface area contributed by atoms with Crippen LogP contribution >= 0.6 is 27.7 Å². The molecule has 2 amide bonds. The van der Waals surface area contributed by atoms with Crippen molar-refractivity contribution in [3.63, 3.8) is 0 Å². The van der Waals surface area contributed by atoms with E-state index in [9.17, 15) is 9.59 Å². The zero-order valence-electron chi connectivity index (χ0n) is 14.0. The minimum Gasteiger partial charge on any atom is -0.358 e. The number of amides is 2. The molecule has 0 unspecified atom stereocenters. The number of imidazole rings is 1. The second-order valence-electron chi connectivity index (χ2n) is 5.19. The first kappa shape index (κ1) is 19.3. The molecule has 6 nitrogen and oxygen atoms in total. The number of carbonyl (C=O) groups excluding carboxylic acids is 2. The Bertz CT molecular complexity index is 790. The molecule has 1 aromatic heterocycles. The van der Waals surface area contributed by atoms with Gasteiger partial charge in [0.2, 0.25) is 5.91 Å². The number of nitrogens with zero attached hydrogens (tertiary/aromatic N) is 3. The lowest BCUT2D eigenvalue weighted by Gasteiger charge is -2.22. The third kappa shape index (κ3) is 4.96. The first-order valence-corrected chi connectivity index (χ1v) is 9.49. The Morgan fingerprint density at radius 2 is 2.16 bits per heavy atom. The van der Waals surface area contributed by atoms with E-state index in [1.807, 2.05) is 29.2 Å². The summed E-state index contributed by atoms with van der Waals surface area (Å²) in [5, 5.41) is 3.36. The molecule has 1 N–H and O–H groups in total. The van der Waals surface area contributed by atoms with Crippen LogP contribution in [0.5, 0.6) is 0 Å². The van der Waals surface area contributed by atoms with Crippen molar-refractivity contribution in [1.82, 2.24) is 19.8 Å². The molecule has 0 saturated heterocycles. The molecule has 0 aliphatic rings. The summed E-state index contributed by atoms with van der Waals surface area (Å²) in [7, 11) is 1.54. The second kappa shape index (κ2) is 8.87. The standard InChI is InChI=1S/C17H19BrN4O2S/c1-12(18)10-21(11-15(23)19-2)16(24)13-5-4-6-14(9-13)22-8-7-20-17(22)25-3/h4-9H,1,10-11H2,2-3H3,(H,19,23). The summed E-state index contributed by atoms with van der Waals surface area (Å²) in [6, 6.07) is 7.24. The van der Waals surface area contributed by atoms with Crippen LogP contribution in [0.15, 0.2) is 52.9 Å². The maximum Gasteiger partial charge on any atom is 0.254 e. The number of rotatable bonds is 7. The maximum atomic E-state index is 12.9. The summed E-state index contributed by atoms with van der Waals surface area (Å²) < 4.78 is 2.54. The lowest BCUT2D eigenvalue weighted by molar-refractivity contribution is -0.121. The van der Waals surface area contributed by atoms with Crippen LogP contribution in [0.1, 0.15) is 10.4 Å². The molecule has 0 spiro atoms.